The zero-order valence-corrected chi connectivity index (χ0v) is 12.5. The second-order valence-electron chi connectivity index (χ2n) is 5.26. The molecule has 1 aliphatic heterocycles. The van der Waals surface area contributed by atoms with Crippen LogP contribution in [0.15, 0.2) is 54.1 Å². The van der Waals surface area contributed by atoms with Crippen molar-refractivity contribution in [2.24, 2.45) is 0 Å². The van der Waals surface area contributed by atoms with Crippen molar-refractivity contribution in [3.63, 3.8) is 0 Å². The lowest BCUT2D eigenvalue weighted by Crippen LogP contribution is -2.51. The van der Waals surface area contributed by atoms with E-state index in [4.69, 9.17) is 0 Å². The molecule has 1 fully saturated rings. The quantitative estimate of drug-likeness (QED) is 0.671. The zero-order chi connectivity index (χ0) is 17.1. The van der Waals surface area contributed by atoms with E-state index < -0.39 is 17.8 Å². The highest BCUT2D eigenvalue weighted by Gasteiger charge is 2.27. The van der Waals surface area contributed by atoms with Gasteiger partial charge in [-0.2, -0.15) is 0 Å². The second kappa shape index (κ2) is 6.45. The van der Waals surface area contributed by atoms with Crippen LogP contribution >= 0.6 is 0 Å². The van der Waals surface area contributed by atoms with E-state index in [1.165, 1.54) is 12.1 Å². The Hall–Kier alpha value is -3.28. The van der Waals surface area contributed by atoms with E-state index in [0.717, 1.165) is 5.56 Å². The van der Waals surface area contributed by atoms with Gasteiger partial charge in [0.1, 0.15) is 11.4 Å². The molecule has 24 heavy (non-hydrogen) atoms. The Morgan fingerprint density at radius 1 is 0.833 bits per heavy atom. The number of amides is 4. The molecule has 0 radical (unpaired) electrons. The molecule has 0 aromatic heterocycles. The van der Waals surface area contributed by atoms with E-state index >= 15 is 0 Å². The summed E-state index contributed by atoms with van der Waals surface area (Å²) in [5, 5.41) is 4.04. The third-order valence-electron chi connectivity index (χ3n) is 3.64. The Labute approximate surface area is 137 Å². The number of halogens is 1. The van der Waals surface area contributed by atoms with Crippen molar-refractivity contribution >= 4 is 23.9 Å². The fourth-order valence-electron chi connectivity index (χ4n) is 2.44. The molecule has 1 saturated heterocycles. The monoisotopic (exact) mass is 324 g/mol. The maximum Gasteiger partial charge on any atom is 0.328 e. The van der Waals surface area contributed by atoms with Crippen molar-refractivity contribution in [2.45, 2.75) is 6.42 Å². The molecule has 0 aliphatic carbocycles. The average molecular weight is 324 g/mol. The van der Waals surface area contributed by atoms with Gasteiger partial charge in [0.15, 0.2) is 0 Å². The van der Waals surface area contributed by atoms with Crippen LogP contribution in [0.5, 0.6) is 0 Å². The lowest BCUT2D eigenvalue weighted by Gasteiger charge is -2.15. The molecule has 120 valence electrons. The molecule has 1 heterocycles. The Kier molecular flexibility index (Phi) is 4.20. The molecular formula is C18H13FN2O3. The molecule has 6 heteroatoms. The number of carbonyl (C=O) groups is 3. The van der Waals surface area contributed by atoms with E-state index in [-0.39, 0.29) is 11.4 Å². The fourth-order valence-corrected chi connectivity index (χ4v) is 2.44. The van der Waals surface area contributed by atoms with Crippen LogP contribution in [0, 0.1) is 5.82 Å². The van der Waals surface area contributed by atoms with Crippen LogP contribution in [-0.2, 0) is 16.0 Å². The van der Waals surface area contributed by atoms with Gasteiger partial charge in [-0.1, -0.05) is 42.5 Å². The first-order chi connectivity index (χ1) is 11.5. The molecule has 2 aromatic carbocycles. The molecule has 0 saturated carbocycles. The standard InChI is InChI=1S/C18H13FN2O3/c19-15-8-4-3-7-13(15)9-11-5-1-2-6-12(11)10-14-16(22)20-18(24)21-17(14)23/h1-8,10H,9H2,(H2,20,21,22,23,24). The first kappa shape index (κ1) is 15.6. The zero-order valence-electron chi connectivity index (χ0n) is 12.5. The Balaban J connectivity index is 1.97. The first-order valence-electron chi connectivity index (χ1n) is 7.24. The molecular weight excluding hydrogens is 311 g/mol. The van der Waals surface area contributed by atoms with Crippen molar-refractivity contribution in [2.75, 3.05) is 0 Å². The number of hydrogen-bond donors (Lipinski definition) is 2. The lowest BCUT2D eigenvalue weighted by atomic mass is 9.97. The summed E-state index contributed by atoms with van der Waals surface area (Å²) in [5.41, 5.74) is 1.70. The van der Waals surface area contributed by atoms with Crippen LogP contribution in [-0.4, -0.2) is 17.8 Å². The number of benzene rings is 2. The maximum absolute atomic E-state index is 13.9. The SMILES string of the molecule is O=C1NC(=O)C(=Cc2ccccc2Cc2ccccc2F)C(=O)N1. The van der Waals surface area contributed by atoms with Crippen molar-refractivity contribution in [1.82, 2.24) is 10.6 Å². The van der Waals surface area contributed by atoms with E-state index in [1.807, 2.05) is 10.6 Å². The molecule has 1 aliphatic rings. The Morgan fingerprint density at radius 3 is 2.08 bits per heavy atom. The third kappa shape index (κ3) is 3.22. The summed E-state index contributed by atoms with van der Waals surface area (Å²) in [6, 6.07) is 12.6. The molecule has 2 N–H and O–H groups in total. The minimum Gasteiger partial charge on any atom is -0.273 e. The lowest BCUT2D eigenvalue weighted by molar-refractivity contribution is -0.123. The summed E-state index contributed by atoms with van der Waals surface area (Å²) in [7, 11) is 0. The van der Waals surface area contributed by atoms with Gasteiger partial charge >= 0.3 is 6.03 Å². The van der Waals surface area contributed by atoms with E-state index in [9.17, 15) is 18.8 Å². The number of hydrogen-bond acceptors (Lipinski definition) is 3. The Morgan fingerprint density at radius 2 is 1.42 bits per heavy atom. The molecule has 2 aromatic rings. The normalized spacial score (nSPS) is 14.2. The van der Waals surface area contributed by atoms with Crippen molar-refractivity contribution in [3.8, 4) is 0 Å². The molecule has 0 bridgehead atoms. The van der Waals surface area contributed by atoms with Gasteiger partial charge in [-0.25, -0.2) is 9.18 Å². The maximum atomic E-state index is 13.9. The van der Waals surface area contributed by atoms with Gasteiger partial charge in [0.05, 0.1) is 0 Å². The van der Waals surface area contributed by atoms with Gasteiger partial charge in [0, 0.05) is 6.42 Å². The number of barbiturate groups is 1. The Bertz CT molecular complexity index is 852. The smallest absolute Gasteiger partial charge is 0.273 e. The fraction of sp³-hybridized carbons (Fsp3) is 0.0556. The van der Waals surface area contributed by atoms with Crippen LogP contribution in [0.4, 0.5) is 9.18 Å². The minimum atomic E-state index is -0.846. The minimum absolute atomic E-state index is 0.171. The van der Waals surface area contributed by atoms with Gasteiger partial charge in [-0.3, -0.25) is 20.2 Å². The summed E-state index contributed by atoms with van der Waals surface area (Å²) < 4.78 is 13.9. The van der Waals surface area contributed by atoms with Gasteiger partial charge in [-0.15, -0.1) is 0 Å². The molecule has 5 nitrogen and oxygen atoms in total. The van der Waals surface area contributed by atoms with Crippen LogP contribution < -0.4 is 10.6 Å². The van der Waals surface area contributed by atoms with Crippen molar-refractivity contribution in [1.29, 1.82) is 0 Å². The first-order valence-corrected chi connectivity index (χ1v) is 7.24. The predicted molar refractivity (Wildman–Crippen MR) is 85.3 cm³/mol. The third-order valence-corrected chi connectivity index (χ3v) is 3.64. The second-order valence-corrected chi connectivity index (χ2v) is 5.26. The van der Waals surface area contributed by atoms with Gasteiger partial charge in [0.25, 0.3) is 11.8 Å². The number of rotatable bonds is 3. The summed E-state index contributed by atoms with van der Waals surface area (Å²) in [4.78, 5) is 34.7. The summed E-state index contributed by atoms with van der Waals surface area (Å²) in [5.74, 6) is -1.84. The highest BCUT2D eigenvalue weighted by molar-refractivity contribution is 6.31. The van der Waals surface area contributed by atoms with E-state index in [0.29, 0.717) is 17.5 Å². The van der Waals surface area contributed by atoms with Crippen molar-refractivity contribution < 1.29 is 18.8 Å². The van der Waals surface area contributed by atoms with Crippen LogP contribution in [0.3, 0.4) is 0 Å². The molecule has 4 amide bonds. The van der Waals surface area contributed by atoms with Crippen molar-refractivity contribution in [3.05, 3.63) is 76.6 Å². The number of urea groups is 1. The number of imide groups is 2. The number of nitrogens with one attached hydrogen (secondary N) is 2. The van der Waals surface area contributed by atoms with Gasteiger partial charge in [0.2, 0.25) is 0 Å². The summed E-state index contributed by atoms with van der Waals surface area (Å²) >= 11 is 0. The van der Waals surface area contributed by atoms with Gasteiger partial charge < -0.3 is 0 Å². The topological polar surface area (TPSA) is 75.3 Å². The average Bonchev–Trinajstić information content (AvgIpc) is 2.54. The van der Waals surface area contributed by atoms with Crippen LogP contribution in [0.25, 0.3) is 6.08 Å². The van der Waals surface area contributed by atoms with Crippen LogP contribution in [0.1, 0.15) is 16.7 Å². The molecule has 3 rings (SSSR count). The highest BCUT2D eigenvalue weighted by atomic mass is 19.1. The number of carbonyl (C=O) groups excluding carboxylic acids is 3. The summed E-state index contributed by atoms with van der Waals surface area (Å²) in [6.45, 7) is 0. The van der Waals surface area contributed by atoms with E-state index in [1.54, 1.807) is 42.5 Å². The molecule has 0 spiro atoms. The highest BCUT2D eigenvalue weighted by Crippen LogP contribution is 2.19. The van der Waals surface area contributed by atoms with Crippen LogP contribution in [0.2, 0.25) is 0 Å². The largest absolute Gasteiger partial charge is 0.328 e. The molecule has 0 atom stereocenters. The molecule has 0 unspecified atom stereocenters. The van der Waals surface area contributed by atoms with E-state index in [2.05, 4.69) is 0 Å². The predicted octanol–water partition coefficient (Wildman–Crippen LogP) is 2.17. The van der Waals surface area contributed by atoms with Gasteiger partial charge in [-0.05, 0) is 28.8 Å². The summed E-state index contributed by atoms with van der Waals surface area (Å²) in [6.07, 6.45) is 1.71.